The lowest BCUT2D eigenvalue weighted by Crippen LogP contribution is -2.17. The summed E-state index contributed by atoms with van der Waals surface area (Å²) in [5.74, 6) is -0.120. The fraction of sp³-hybridized carbons (Fsp3) is 0.100. The Balaban J connectivity index is 1.79. The van der Waals surface area contributed by atoms with E-state index in [0.29, 0.717) is 9.23 Å². The summed E-state index contributed by atoms with van der Waals surface area (Å²) in [6, 6.07) is 16.7. The van der Waals surface area contributed by atoms with Gasteiger partial charge in [0.15, 0.2) is 0 Å². The fourth-order valence-corrected chi connectivity index (χ4v) is 4.09. The van der Waals surface area contributed by atoms with Crippen molar-refractivity contribution in [2.24, 2.45) is 0 Å². The molecule has 0 saturated carbocycles. The van der Waals surface area contributed by atoms with E-state index in [-0.39, 0.29) is 5.91 Å². The first kappa shape index (κ1) is 16.1. The minimum atomic E-state index is -0.120. The number of nitrogens with zero attached hydrogens (tertiary/aromatic N) is 1. The van der Waals surface area contributed by atoms with Gasteiger partial charge in [-0.05, 0) is 30.2 Å². The zero-order valence-corrected chi connectivity index (χ0v) is 15.3. The third-order valence-electron chi connectivity index (χ3n) is 4.35. The van der Waals surface area contributed by atoms with Crippen LogP contribution in [0.2, 0.25) is 0 Å². The Morgan fingerprint density at radius 1 is 1.16 bits per heavy atom. The second-order valence-electron chi connectivity index (χ2n) is 6.01. The normalized spacial score (nSPS) is 16.0. The van der Waals surface area contributed by atoms with Crippen molar-refractivity contribution in [2.75, 3.05) is 0 Å². The number of fused-ring (bicyclic) bond motifs is 1. The maximum atomic E-state index is 12.0. The van der Waals surface area contributed by atoms with Crippen LogP contribution in [0.5, 0.6) is 0 Å². The number of benzene rings is 2. The molecule has 0 bridgehead atoms. The van der Waals surface area contributed by atoms with Gasteiger partial charge >= 0.3 is 0 Å². The minimum absolute atomic E-state index is 0.120. The van der Waals surface area contributed by atoms with Crippen molar-refractivity contribution in [2.45, 2.75) is 13.5 Å². The Hall–Kier alpha value is -2.37. The molecule has 3 aromatic rings. The van der Waals surface area contributed by atoms with Gasteiger partial charge in [-0.3, -0.25) is 4.79 Å². The highest BCUT2D eigenvalue weighted by Gasteiger charge is 2.22. The third-order valence-corrected chi connectivity index (χ3v) is 5.51. The van der Waals surface area contributed by atoms with Gasteiger partial charge in [0.05, 0.1) is 4.91 Å². The van der Waals surface area contributed by atoms with Crippen LogP contribution in [-0.2, 0) is 11.3 Å². The Morgan fingerprint density at radius 2 is 1.92 bits per heavy atom. The number of carbonyl (C=O) groups is 1. The first-order valence-electron chi connectivity index (χ1n) is 7.99. The van der Waals surface area contributed by atoms with Crippen LogP contribution in [0.1, 0.15) is 16.7 Å². The van der Waals surface area contributed by atoms with Crippen molar-refractivity contribution in [3.05, 3.63) is 76.3 Å². The molecule has 4 rings (SSSR count). The van der Waals surface area contributed by atoms with E-state index in [4.69, 9.17) is 12.2 Å². The summed E-state index contributed by atoms with van der Waals surface area (Å²) in [4.78, 5) is 12.6. The molecule has 0 aliphatic carbocycles. The number of carbonyl (C=O) groups excluding carboxylic acids is 1. The van der Waals surface area contributed by atoms with Crippen LogP contribution in [0, 0.1) is 6.92 Å². The molecular weight excluding hydrogens is 348 g/mol. The molecule has 1 amide bonds. The molecule has 1 aliphatic rings. The smallest absolute Gasteiger partial charge is 0.263 e. The minimum Gasteiger partial charge on any atom is -0.342 e. The van der Waals surface area contributed by atoms with Crippen LogP contribution in [0.4, 0.5) is 0 Å². The molecule has 1 N–H and O–H groups in total. The van der Waals surface area contributed by atoms with E-state index in [1.165, 1.54) is 22.9 Å². The van der Waals surface area contributed by atoms with Crippen LogP contribution in [0.15, 0.2) is 59.6 Å². The molecule has 5 heteroatoms. The first-order valence-corrected chi connectivity index (χ1v) is 9.21. The summed E-state index contributed by atoms with van der Waals surface area (Å²) in [7, 11) is 0. The molecular formula is C20H16N2OS2. The summed E-state index contributed by atoms with van der Waals surface area (Å²) < 4.78 is 2.75. The maximum absolute atomic E-state index is 12.0. The van der Waals surface area contributed by atoms with E-state index in [9.17, 15) is 4.79 Å². The zero-order chi connectivity index (χ0) is 17.4. The summed E-state index contributed by atoms with van der Waals surface area (Å²) in [5.41, 5.74) is 4.75. The van der Waals surface area contributed by atoms with Crippen LogP contribution >= 0.6 is 24.0 Å². The van der Waals surface area contributed by atoms with Crippen molar-refractivity contribution in [3.63, 3.8) is 0 Å². The Labute approximate surface area is 155 Å². The second-order valence-corrected chi connectivity index (χ2v) is 7.73. The van der Waals surface area contributed by atoms with Crippen molar-refractivity contribution < 1.29 is 4.79 Å². The quantitative estimate of drug-likeness (QED) is 0.549. The van der Waals surface area contributed by atoms with Gasteiger partial charge in [-0.2, -0.15) is 0 Å². The number of hydrogen-bond acceptors (Lipinski definition) is 3. The molecule has 0 unspecified atom stereocenters. The highest BCUT2D eigenvalue weighted by molar-refractivity contribution is 8.26. The third kappa shape index (κ3) is 3.13. The average molecular weight is 364 g/mol. The lowest BCUT2D eigenvalue weighted by molar-refractivity contribution is -0.115. The van der Waals surface area contributed by atoms with Crippen LogP contribution in [0.25, 0.3) is 17.0 Å². The lowest BCUT2D eigenvalue weighted by Gasteiger charge is -2.08. The molecule has 2 heterocycles. The molecule has 3 nitrogen and oxygen atoms in total. The van der Waals surface area contributed by atoms with Gasteiger partial charge in [0.2, 0.25) is 0 Å². The van der Waals surface area contributed by atoms with E-state index < -0.39 is 0 Å². The largest absolute Gasteiger partial charge is 0.342 e. The molecule has 0 radical (unpaired) electrons. The molecule has 25 heavy (non-hydrogen) atoms. The number of amides is 1. The number of para-hydroxylation sites is 1. The van der Waals surface area contributed by atoms with Gasteiger partial charge in [0.25, 0.3) is 5.91 Å². The molecule has 1 aromatic heterocycles. The van der Waals surface area contributed by atoms with E-state index in [2.05, 4.69) is 59.4 Å². The Morgan fingerprint density at radius 3 is 2.68 bits per heavy atom. The first-order chi connectivity index (χ1) is 12.1. The SMILES string of the molecule is Cc1ccccc1Cn1cc(/C=C2\SC(=S)NC2=O)c2ccccc21. The number of aromatic nitrogens is 1. The number of thiocarbonyl (C=S) groups is 1. The molecule has 1 fully saturated rings. The van der Waals surface area contributed by atoms with Gasteiger partial charge in [0, 0.05) is 29.2 Å². The highest BCUT2D eigenvalue weighted by atomic mass is 32.2. The standard InChI is InChI=1S/C20H16N2OS2/c1-13-6-2-3-7-14(13)11-22-12-15(16-8-4-5-9-17(16)22)10-18-19(23)21-20(24)25-18/h2-10,12H,11H2,1H3,(H,21,23,24)/b18-10-. The zero-order valence-electron chi connectivity index (χ0n) is 13.7. The molecule has 0 atom stereocenters. The summed E-state index contributed by atoms with van der Waals surface area (Å²) in [5, 5.41) is 3.80. The Bertz CT molecular complexity index is 1030. The topological polar surface area (TPSA) is 34.0 Å². The summed E-state index contributed by atoms with van der Waals surface area (Å²) in [6.45, 7) is 2.93. The molecule has 124 valence electrons. The number of aryl methyl sites for hydroxylation is 1. The van der Waals surface area contributed by atoms with E-state index in [0.717, 1.165) is 23.0 Å². The van der Waals surface area contributed by atoms with Crippen LogP contribution < -0.4 is 5.32 Å². The average Bonchev–Trinajstić information content (AvgIpc) is 3.10. The second kappa shape index (κ2) is 6.50. The van der Waals surface area contributed by atoms with E-state index >= 15 is 0 Å². The van der Waals surface area contributed by atoms with Crippen molar-refractivity contribution in [3.8, 4) is 0 Å². The molecule has 1 aliphatic heterocycles. The van der Waals surface area contributed by atoms with E-state index in [1.807, 2.05) is 18.2 Å². The highest BCUT2D eigenvalue weighted by Crippen LogP contribution is 2.30. The number of nitrogens with one attached hydrogen (secondary N) is 1. The lowest BCUT2D eigenvalue weighted by atomic mass is 10.1. The number of hydrogen-bond donors (Lipinski definition) is 1. The van der Waals surface area contributed by atoms with Crippen LogP contribution in [0.3, 0.4) is 0 Å². The molecule has 1 saturated heterocycles. The number of rotatable bonds is 3. The van der Waals surface area contributed by atoms with Gasteiger partial charge in [0.1, 0.15) is 4.32 Å². The van der Waals surface area contributed by atoms with Gasteiger partial charge in [-0.1, -0.05) is 66.4 Å². The van der Waals surface area contributed by atoms with Crippen molar-refractivity contribution in [1.29, 1.82) is 0 Å². The fourth-order valence-electron chi connectivity index (χ4n) is 3.05. The summed E-state index contributed by atoms with van der Waals surface area (Å²) in [6.07, 6.45) is 4.04. The van der Waals surface area contributed by atoms with Crippen molar-refractivity contribution in [1.82, 2.24) is 9.88 Å². The van der Waals surface area contributed by atoms with Gasteiger partial charge in [-0.15, -0.1) is 0 Å². The van der Waals surface area contributed by atoms with Crippen molar-refractivity contribution >= 4 is 51.2 Å². The Kier molecular flexibility index (Phi) is 4.19. The maximum Gasteiger partial charge on any atom is 0.263 e. The predicted octanol–water partition coefficient (Wildman–Crippen LogP) is 4.49. The van der Waals surface area contributed by atoms with E-state index in [1.54, 1.807) is 0 Å². The number of thioether (sulfide) groups is 1. The van der Waals surface area contributed by atoms with Gasteiger partial charge < -0.3 is 9.88 Å². The molecule has 2 aromatic carbocycles. The predicted molar refractivity (Wildman–Crippen MR) is 109 cm³/mol. The summed E-state index contributed by atoms with van der Waals surface area (Å²) >= 11 is 6.39. The monoisotopic (exact) mass is 364 g/mol. The van der Waals surface area contributed by atoms with Crippen LogP contribution in [-0.4, -0.2) is 14.8 Å². The van der Waals surface area contributed by atoms with Gasteiger partial charge in [-0.25, -0.2) is 0 Å². The molecule has 0 spiro atoms.